The normalized spacial score (nSPS) is 10.7. The van der Waals surface area contributed by atoms with Gasteiger partial charge in [0.25, 0.3) is 5.56 Å². The summed E-state index contributed by atoms with van der Waals surface area (Å²) in [5.41, 5.74) is 0.304. The Morgan fingerprint density at radius 2 is 2.21 bits per heavy atom. The lowest BCUT2D eigenvalue weighted by atomic mass is 10.3. The Hall–Kier alpha value is -2.43. The number of hydrogen-bond donors (Lipinski definition) is 1. The zero-order chi connectivity index (χ0) is 16.9. The molecule has 0 unspecified atom stereocenters. The Morgan fingerprint density at radius 1 is 1.33 bits per heavy atom. The van der Waals surface area contributed by atoms with Crippen LogP contribution in [0.5, 0.6) is 0 Å². The predicted octanol–water partition coefficient (Wildman–Crippen LogP) is 1.61. The topological polar surface area (TPSA) is 99.0 Å². The van der Waals surface area contributed by atoms with Crippen molar-refractivity contribution in [1.82, 2.24) is 20.0 Å². The summed E-state index contributed by atoms with van der Waals surface area (Å²) >= 11 is 2.73. The molecular weight excluding hydrogens is 350 g/mol. The molecule has 1 amide bonds. The van der Waals surface area contributed by atoms with E-state index in [4.69, 9.17) is 4.74 Å². The average molecular weight is 363 g/mol. The number of ether oxygens (including phenoxy) is 1. The number of nitrogens with zero attached hydrogens (tertiary/aromatic N) is 4. The number of carbonyl (C=O) groups excluding carboxylic acids is 1. The lowest BCUT2D eigenvalue weighted by Crippen LogP contribution is -2.29. The first-order valence-electron chi connectivity index (χ1n) is 6.89. The highest BCUT2D eigenvalue weighted by molar-refractivity contribution is 7.15. The number of hydrogen-bond acceptors (Lipinski definition) is 8. The fraction of sp³-hybridized carbons (Fsp3) is 0.214. The van der Waals surface area contributed by atoms with Gasteiger partial charge < -0.3 is 4.74 Å². The van der Waals surface area contributed by atoms with E-state index in [1.54, 1.807) is 13.2 Å². The molecule has 0 aliphatic carbocycles. The smallest absolute Gasteiger partial charge is 0.267 e. The van der Waals surface area contributed by atoms with Crippen molar-refractivity contribution >= 4 is 33.7 Å². The number of rotatable bonds is 6. The third kappa shape index (κ3) is 3.91. The van der Waals surface area contributed by atoms with Crippen molar-refractivity contribution in [2.75, 3.05) is 12.4 Å². The minimum Gasteiger partial charge on any atom is -0.377 e. The van der Waals surface area contributed by atoms with E-state index in [0.29, 0.717) is 22.4 Å². The monoisotopic (exact) mass is 363 g/mol. The third-order valence-electron chi connectivity index (χ3n) is 2.91. The van der Waals surface area contributed by atoms with Gasteiger partial charge in [0, 0.05) is 13.2 Å². The maximum absolute atomic E-state index is 12.1. The molecule has 0 radical (unpaired) electrons. The first-order valence-corrected chi connectivity index (χ1v) is 8.58. The van der Waals surface area contributed by atoms with Gasteiger partial charge in [0.1, 0.15) is 23.9 Å². The molecule has 24 heavy (non-hydrogen) atoms. The summed E-state index contributed by atoms with van der Waals surface area (Å²) in [6.45, 7) is 0.134. The van der Waals surface area contributed by atoms with E-state index >= 15 is 0 Å². The standard InChI is InChI=1S/C14H13N5O3S2/c1-22-8-12-16-17-14(24-12)15-11(20)7-19-13(21)5-4-9(18-19)10-3-2-6-23-10/h2-6H,7-8H2,1H3,(H,15,17,20). The van der Waals surface area contributed by atoms with Crippen molar-refractivity contribution in [3.05, 3.63) is 45.0 Å². The molecular formula is C14H13N5O3S2. The number of anilines is 1. The zero-order valence-corrected chi connectivity index (χ0v) is 14.3. The summed E-state index contributed by atoms with van der Waals surface area (Å²) in [6.07, 6.45) is 0. The van der Waals surface area contributed by atoms with Gasteiger partial charge in [-0.3, -0.25) is 14.9 Å². The van der Waals surface area contributed by atoms with Crippen LogP contribution in [0.1, 0.15) is 5.01 Å². The summed E-state index contributed by atoms with van der Waals surface area (Å²) in [4.78, 5) is 24.9. The second kappa shape index (κ2) is 7.43. The highest BCUT2D eigenvalue weighted by atomic mass is 32.1. The molecule has 3 aromatic rings. The molecule has 3 aromatic heterocycles. The Bertz CT molecular complexity index is 888. The summed E-state index contributed by atoms with van der Waals surface area (Å²) < 4.78 is 6.07. The molecule has 10 heteroatoms. The molecule has 0 saturated carbocycles. The Balaban J connectivity index is 1.71. The largest absolute Gasteiger partial charge is 0.377 e. The fourth-order valence-electron chi connectivity index (χ4n) is 1.90. The van der Waals surface area contributed by atoms with Crippen LogP contribution in [0.2, 0.25) is 0 Å². The van der Waals surface area contributed by atoms with Crippen molar-refractivity contribution < 1.29 is 9.53 Å². The highest BCUT2D eigenvalue weighted by Crippen LogP contribution is 2.21. The Kier molecular flexibility index (Phi) is 5.08. The number of amides is 1. The van der Waals surface area contributed by atoms with Crippen LogP contribution in [0.25, 0.3) is 10.6 Å². The van der Waals surface area contributed by atoms with Crippen LogP contribution >= 0.6 is 22.7 Å². The van der Waals surface area contributed by atoms with Crippen LogP contribution in [0.3, 0.4) is 0 Å². The van der Waals surface area contributed by atoms with Crippen LogP contribution in [0.15, 0.2) is 34.4 Å². The third-order valence-corrected chi connectivity index (χ3v) is 4.62. The number of nitrogens with one attached hydrogen (secondary N) is 1. The maximum atomic E-state index is 12.1. The van der Waals surface area contributed by atoms with Crippen LogP contribution in [-0.2, 0) is 22.7 Å². The van der Waals surface area contributed by atoms with E-state index in [9.17, 15) is 9.59 Å². The van der Waals surface area contributed by atoms with E-state index in [2.05, 4.69) is 20.6 Å². The molecule has 0 spiro atoms. The first-order chi connectivity index (χ1) is 11.7. The van der Waals surface area contributed by atoms with Gasteiger partial charge in [-0.2, -0.15) is 5.10 Å². The Morgan fingerprint density at radius 3 is 2.96 bits per heavy atom. The van der Waals surface area contributed by atoms with Crippen LogP contribution in [0.4, 0.5) is 5.13 Å². The molecule has 0 aromatic carbocycles. The molecule has 8 nitrogen and oxygen atoms in total. The zero-order valence-electron chi connectivity index (χ0n) is 12.6. The second-order valence-corrected chi connectivity index (χ2v) is 6.68. The molecule has 3 rings (SSSR count). The van der Waals surface area contributed by atoms with Crippen molar-refractivity contribution in [2.24, 2.45) is 0 Å². The van der Waals surface area contributed by atoms with Crippen molar-refractivity contribution in [2.45, 2.75) is 13.2 Å². The predicted molar refractivity (Wildman–Crippen MR) is 91.1 cm³/mol. The van der Waals surface area contributed by atoms with E-state index in [1.165, 1.54) is 28.7 Å². The first kappa shape index (κ1) is 16.4. The molecule has 0 aliphatic heterocycles. The van der Waals surface area contributed by atoms with Crippen LogP contribution in [-0.4, -0.2) is 33.0 Å². The van der Waals surface area contributed by atoms with Crippen molar-refractivity contribution in [3.8, 4) is 10.6 Å². The van der Waals surface area contributed by atoms with Crippen LogP contribution in [0, 0.1) is 0 Å². The minimum absolute atomic E-state index is 0.197. The lowest BCUT2D eigenvalue weighted by molar-refractivity contribution is -0.117. The molecule has 0 saturated heterocycles. The lowest BCUT2D eigenvalue weighted by Gasteiger charge is -2.05. The van der Waals surface area contributed by atoms with Crippen molar-refractivity contribution in [1.29, 1.82) is 0 Å². The van der Waals surface area contributed by atoms with Crippen molar-refractivity contribution in [3.63, 3.8) is 0 Å². The summed E-state index contributed by atoms with van der Waals surface area (Å²) in [6, 6.07) is 6.85. The molecule has 0 atom stereocenters. The number of carbonyl (C=O) groups is 1. The van der Waals surface area contributed by atoms with Gasteiger partial charge in [0.15, 0.2) is 0 Å². The quantitative estimate of drug-likeness (QED) is 0.714. The van der Waals surface area contributed by atoms with E-state index < -0.39 is 5.91 Å². The second-order valence-electron chi connectivity index (χ2n) is 4.67. The molecule has 0 aliphatic rings. The number of methoxy groups -OCH3 is 1. The highest BCUT2D eigenvalue weighted by Gasteiger charge is 2.11. The number of thiophene rings is 1. The molecule has 3 heterocycles. The van der Waals surface area contributed by atoms with Gasteiger partial charge in [-0.1, -0.05) is 17.4 Å². The molecule has 0 bridgehead atoms. The molecule has 0 fully saturated rings. The fourth-order valence-corrected chi connectivity index (χ4v) is 3.32. The summed E-state index contributed by atoms with van der Waals surface area (Å²) in [5.74, 6) is -0.395. The summed E-state index contributed by atoms with van der Waals surface area (Å²) in [7, 11) is 1.55. The van der Waals surface area contributed by atoms with E-state index in [1.807, 2.05) is 17.5 Å². The minimum atomic E-state index is -0.395. The van der Waals surface area contributed by atoms with Crippen LogP contribution < -0.4 is 10.9 Å². The van der Waals surface area contributed by atoms with E-state index in [0.717, 1.165) is 9.56 Å². The Labute approximate surface area is 144 Å². The SMILES string of the molecule is COCc1nnc(NC(=O)Cn2nc(-c3cccs3)ccc2=O)s1. The van der Waals surface area contributed by atoms with Gasteiger partial charge in [-0.05, 0) is 17.5 Å². The van der Waals surface area contributed by atoms with Gasteiger partial charge >= 0.3 is 0 Å². The average Bonchev–Trinajstić information content (AvgIpc) is 3.22. The molecule has 1 N–H and O–H groups in total. The molecule has 124 valence electrons. The van der Waals surface area contributed by atoms with Gasteiger partial charge in [0.05, 0.1) is 4.88 Å². The summed E-state index contributed by atoms with van der Waals surface area (Å²) in [5, 5.41) is 17.5. The van der Waals surface area contributed by atoms with Gasteiger partial charge in [0.2, 0.25) is 11.0 Å². The van der Waals surface area contributed by atoms with Gasteiger partial charge in [-0.15, -0.1) is 21.5 Å². The van der Waals surface area contributed by atoms with E-state index in [-0.39, 0.29) is 12.1 Å². The maximum Gasteiger partial charge on any atom is 0.267 e. The number of aromatic nitrogens is 4. The van der Waals surface area contributed by atoms with Gasteiger partial charge in [-0.25, -0.2) is 4.68 Å².